The fourth-order valence-corrected chi connectivity index (χ4v) is 3.92. The number of ether oxygens (including phenoxy) is 1. The number of benzene rings is 2. The van der Waals surface area contributed by atoms with Gasteiger partial charge in [0.1, 0.15) is 24.7 Å². The SMILES string of the molecule is O=C(Cn1c(COc2ccc(Cl)cc2)nc2ccccc21)N(Cc1ccccn1)C1CC1. The van der Waals surface area contributed by atoms with Crippen LogP contribution in [0.25, 0.3) is 11.0 Å². The molecule has 4 aromatic rings. The van der Waals surface area contributed by atoms with E-state index in [1.165, 1.54) is 0 Å². The standard InChI is InChI=1S/C25H23ClN4O2/c26-18-8-12-21(13-9-18)32-17-24-28-22-6-1-2-7-23(22)30(24)16-25(31)29(20-10-11-20)15-19-5-3-4-14-27-19/h1-9,12-14,20H,10-11,15-17H2. The van der Waals surface area contributed by atoms with Gasteiger partial charge in [0.25, 0.3) is 0 Å². The monoisotopic (exact) mass is 446 g/mol. The highest BCUT2D eigenvalue weighted by molar-refractivity contribution is 6.30. The quantitative estimate of drug-likeness (QED) is 0.388. The first-order chi connectivity index (χ1) is 15.7. The molecule has 1 amide bonds. The van der Waals surface area contributed by atoms with Crippen molar-refractivity contribution < 1.29 is 9.53 Å². The minimum atomic E-state index is 0.0639. The van der Waals surface area contributed by atoms with Crippen LogP contribution in [-0.2, 0) is 24.5 Å². The number of rotatable bonds is 8. The summed E-state index contributed by atoms with van der Waals surface area (Å²) in [5, 5.41) is 0.656. The zero-order chi connectivity index (χ0) is 21.9. The number of imidazole rings is 1. The summed E-state index contributed by atoms with van der Waals surface area (Å²) >= 11 is 5.96. The van der Waals surface area contributed by atoms with Gasteiger partial charge in [0.2, 0.25) is 5.91 Å². The molecular formula is C25H23ClN4O2. The first-order valence-corrected chi connectivity index (χ1v) is 11.1. The zero-order valence-electron chi connectivity index (χ0n) is 17.5. The first kappa shape index (κ1) is 20.5. The third-order valence-corrected chi connectivity index (χ3v) is 5.83. The third-order valence-electron chi connectivity index (χ3n) is 5.58. The number of fused-ring (bicyclic) bond motifs is 1. The summed E-state index contributed by atoms with van der Waals surface area (Å²) in [6.07, 6.45) is 3.84. The number of halogens is 1. The van der Waals surface area contributed by atoms with Crippen molar-refractivity contribution in [1.29, 1.82) is 0 Å². The Kier molecular flexibility index (Phi) is 5.77. The van der Waals surface area contributed by atoms with Crippen molar-refractivity contribution in [2.75, 3.05) is 0 Å². The molecule has 2 aromatic heterocycles. The van der Waals surface area contributed by atoms with Crippen LogP contribution in [0.15, 0.2) is 72.9 Å². The Bertz CT molecular complexity index is 1220. The maximum atomic E-state index is 13.4. The molecule has 1 saturated carbocycles. The fraction of sp³-hybridized carbons (Fsp3) is 0.240. The van der Waals surface area contributed by atoms with Crippen LogP contribution >= 0.6 is 11.6 Å². The Hall–Kier alpha value is -3.38. The summed E-state index contributed by atoms with van der Waals surface area (Å²) in [5.41, 5.74) is 2.66. The predicted octanol–water partition coefficient (Wildman–Crippen LogP) is 4.85. The van der Waals surface area contributed by atoms with Crippen molar-refractivity contribution in [3.8, 4) is 5.75 Å². The van der Waals surface area contributed by atoms with Gasteiger partial charge in [-0.2, -0.15) is 0 Å². The van der Waals surface area contributed by atoms with E-state index in [2.05, 4.69) is 4.98 Å². The lowest BCUT2D eigenvalue weighted by molar-refractivity contribution is -0.133. The maximum Gasteiger partial charge on any atom is 0.243 e. The Morgan fingerprint density at radius 2 is 1.84 bits per heavy atom. The second-order valence-corrected chi connectivity index (χ2v) is 8.36. The lowest BCUT2D eigenvalue weighted by Crippen LogP contribution is -2.35. The molecule has 2 aromatic carbocycles. The maximum absolute atomic E-state index is 13.4. The van der Waals surface area contributed by atoms with Crippen LogP contribution in [0, 0.1) is 0 Å². The number of para-hydroxylation sites is 2. The molecule has 2 heterocycles. The van der Waals surface area contributed by atoms with Gasteiger partial charge in [0, 0.05) is 17.3 Å². The molecule has 1 fully saturated rings. The number of aromatic nitrogens is 3. The molecule has 1 aliphatic carbocycles. The predicted molar refractivity (Wildman–Crippen MR) is 123 cm³/mol. The summed E-state index contributed by atoms with van der Waals surface area (Å²) in [5.74, 6) is 1.48. The Morgan fingerprint density at radius 1 is 1.06 bits per heavy atom. The van der Waals surface area contributed by atoms with Crippen molar-refractivity contribution in [3.63, 3.8) is 0 Å². The van der Waals surface area contributed by atoms with Gasteiger partial charge in [0.15, 0.2) is 0 Å². The summed E-state index contributed by atoms with van der Waals surface area (Å²) in [7, 11) is 0. The lowest BCUT2D eigenvalue weighted by atomic mass is 10.3. The first-order valence-electron chi connectivity index (χ1n) is 10.7. The molecule has 6 nitrogen and oxygen atoms in total. The van der Waals surface area contributed by atoms with Crippen molar-refractivity contribution >= 4 is 28.5 Å². The van der Waals surface area contributed by atoms with Gasteiger partial charge in [-0.25, -0.2) is 4.98 Å². The third kappa shape index (κ3) is 4.60. The molecule has 0 spiro atoms. The van der Waals surface area contributed by atoms with Crippen molar-refractivity contribution in [2.24, 2.45) is 0 Å². The van der Waals surface area contributed by atoms with Crippen LogP contribution in [-0.4, -0.2) is 31.4 Å². The van der Waals surface area contributed by atoms with Crippen LogP contribution in [0.5, 0.6) is 5.75 Å². The summed E-state index contributed by atoms with van der Waals surface area (Å²) in [4.78, 5) is 24.5. The van der Waals surface area contributed by atoms with Crippen molar-refractivity contribution in [1.82, 2.24) is 19.4 Å². The van der Waals surface area contributed by atoms with Crippen LogP contribution in [0.1, 0.15) is 24.4 Å². The van der Waals surface area contributed by atoms with Crippen LogP contribution in [0.2, 0.25) is 5.02 Å². The smallest absolute Gasteiger partial charge is 0.243 e. The fourth-order valence-electron chi connectivity index (χ4n) is 3.79. The minimum absolute atomic E-state index is 0.0639. The van der Waals surface area contributed by atoms with E-state index < -0.39 is 0 Å². The average molecular weight is 447 g/mol. The molecule has 7 heteroatoms. The van der Waals surface area contributed by atoms with Crippen molar-refractivity contribution in [3.05, 3.63) is 89.5 Å². The van der Waals surface area contributed by atoms with Crippen molar-refractivity contribution in [2.45, 2.75) is 38.6 Å². The molecule has 0 unspecified atom stereocenters. The highest BCUT2D eigenvalue weighted by Crippen LogP contribution is 2.29. The van der Waals surface area contributed by atoms with E-state index in [1.807, 2.05) is 64.1 Å². The van der Waals surface area contributed by atoms with E-state index in [-0.39, 0.29) is 25.1 Å². The second kappa shape index (κ2) is 9.01. The van der Waals surface area contributed by atoms with E-state index in [0.717, 1.165) is 29.6 Å². The normalized spacial score (nSPS) is 13.3. The van der Waals surface area contributed by atoms with Gasteiger partial charge in [-0.1, -0.05) is 29.8 Å². The highest BCUT2D eigenvalue weighted by atomic mass is 35.5. The number of amides is 1. The van der Waals surface area contributed by atoms with Gasteiger partial charge in [-0.05, 0) is 61.4 Å². The number of hydrogen-bond donors (Lipinski definition) is 0. The van der Waals surface area contributed by atoms with Gasteiger partial charge < -0.3 is 14.2 Å². The Labute approximate surface area is 191 Å². The van der Waals surface area contributed by atoms with Gasteiger partial charge >= 0.3 is 0 Å². The number of hydrogen-bond acceptors (Lipinski definition) is 4. The van der Waals surface area contributed by atoms with E-state index >= 15 is 0 Å². The Balaban J connectivity index is 1.39. The summed E-state index contributed by atoms with van der Waals surface area (Å²) in [6, 6.07) is 21.1. The van der Waals surface area contributed by atoms with E-state index in [4.69, 9.17) is 21.3 Å². The Morgan fingerprint density at radius 3 is 2.59 bits per heavy atom. The molecule has 162 valence electrons. The van der Waals surface area contributed by atoms with Crippen LogP contribution < -0.4 is 4.74 Å². The summed E-state index contributed by atoms with van der Waals surface area (Å²) < 4.78 is 7.90. The topological polar surface area (TPSA) is 60.3 Å². The molecule has 0 saturated heterocycles. The molecule has 32 heavy (non-hydrogen) atoms. The molecular weight excluding hydrogens is 424 g/mol. The molecule has 0 N–H and O–H groups in total. The molecule has 1 aliphatic rings. The number of nitrogens with zero attached hydrogens (tertiary/aromatic N) is 4. The highest BCUT2D eigenvalue weighted by Gasteiger charge is 2.33. The number of carbonyl (C=O) groups is 1. The zero-order valence-corrected chi connectivity index (χ0v) is 18.3. The van der Waals surface area contributed by atoms with E-state index in [0.29, 0.717) is 23.1 Å². The van der Waals surface area contributed by atoms with Gasteiger partial charge in [-0.3, -0.25) is 9.78 Å². The van der Waals surface area contributed by atoms with Gasteiger partial charge in [0.05, 0.1) is 23.3 Å². The lowest BCUT2D eigenvalue weighted by Gasteiger charge is -2.23. The van der Waals surface area contributed by atoms with Crippen LogP contribution in [0.3, 0.4) is 0 Å². The largest absolute Gasteiger partial charge is 0.486 e. The molecule has 0 aliphatic heterocycles. The summed E-state index contributed by atoms with van der Waals surface area (Å²) in [6.45, 7) is 0.990. The molecule has 0 radical (unpaired) electrons. The van der Waals surface area contributed by atoms with Crippen LogP contribution in [0.4, 0.5) is 0 Å². The second-order valence-electron chi connectivity index (χ2n) is 7.92. The van der Waals surface area contributed by atoms with E-state index in [9.17, 15) is 4.79 Å². The number of carbonyl (C=O) groups excluding carboxylic acids is 1. The van der Waals surface area contributed by atoms with E-state index in [1.54, 1.807) is 18.3 Å². The van der Waals surface area contributed by atoms with Gasteiger partial charge in [-0.15, -0.1) is 0 Å². The minimum Gasteiger partial charge on any atom is -0.486 e. The number of pyridine rings is 1. The average Bonchev–Trinajstić information content (AvgIpc) is 3.60. The molecule has 0 atom stereocenters. The molecule has 0 bridgehead atoms. The molecule has 5 rings (SSSR count).